The normalized spacial score (nSPS) is 21.3. The van der Waals surface area contributed by atoms with Crippen molar-refractivity contribution in [2.45, 2.75) is 50.9 Å². The third-order valence-electron chi connectivity index (χ3n) is 5.59. The molecule has 1 aliphatic carbocycles. The molecule has 0 radical (unpaired) electrons. The van der Waals surface area contributed by atoms with E-state index in [9.17, 15) is 4.79 Å². The number of Topliss-reactive ketones (excluding diaryl/α,β-unsaturated/α-hetero) is 1. The first kappa shape index (κ1) is 18.4. The van der Waals surface area contributed by atoms with Crippen LogP contribution in [0.25, 0.3) is 0 Å². The van der Waals surface area contributed by atoms with Gasteiger partial charge in [0, 0.05) is 24.5 Å². The maximum absolute atomic E-state index is 13.5. The van der Waals surface area contributed by atoms with Crippen molar-refractivity contribution < 1.29 is 4.79 Å². The highest BCUT2D eigenvalue weighted by atomic mass is 16.1. The number of hydrogen-bond acceptors (Lipinski definition) is 2. The number of hydrogen-bond donors (Lipinski definition) is 0. The van der Waals surface area contributed by atoms with Crippen molar-refractivity contribution in [3.63, 3.8) is 0 Å². The van der Waals surface area contributed by atoms with Crippen LogP contribution in [0.4, 0.5) is 5.69 Å². The topological polar surface area (TPSA) is 20.3 Å². The first-order valence-electron chi connectivity index (χ1n) is 9.76. The van der Waals surface area contributed by atoms with Crippen LogP contribution in [0.5, 0.6) is 0 Å². The van der Waals surface area contributed by atoms with E-state index in [-0.39, 0.29) is 5.41 Å². The molecule has 2 aromatic carbocycles. The molecule has 0 heterocycles. The summed E-state index contributed by atoms with van der Waals surface area (Å²) in [7, 11) is 2.02. The van der Waals surface area contributed by atoms with Crippen molar-refractivity contribution in [2.75, 3.05) is 11.9 Å². The van der Waals surface area contributed by atoms with Crippen molar-refractivity contribution in [1.82, 2.24) is 0 Å². The number of unbranched alkanes of at least 4 members (excludes halogenated alkanes) is 2. The molecule has 26 heavy (non-hydrogen) atoms. The van der Waals surface area contributed by atoms with E-state index in [0.717, 1.165) is 36.9 Å². The lowest BCUT2D eigenvalue weighted by molar-refractivity contribution is -0.119. The Morgan fingerprint density at radius 3 is 2.31 bits per heavy atom. The lowest BCUT2D eigenvalue weighted by Crippen LogP contribution is -2.31. The van der Waals surface area contributed by atoms with E-state index in [1.165, 1.54) is 18.4 Å². The number of anilines is 1. The molecule has 1 aliphatic rings. The number of allylic oxidation sites excluding steroid dienone is 1. The van der Waals surface area contributed by atoms with E-state index in [1.54, 1.807) is 0 Å². The van der Waals surface area contributed by atoms with Crippen LogP contribution in [-0.2, 0) is 10.2 Å². The van der Waals surface area contributed by atoms with E-state index in [1.807, 2.05) is 37.5 Å². The monoisotopic (exact) mass is 347 g/mol. The molecule has 0 N–H and O–H groups in total. The summed E-state index contributed by atoms with van der Waals surface area (Å²) in [5, 5.41) is 0. The Balaban J connectivity index is 1.88. The molecule has 0 amide bonds. The average Bonchev–Trinajstić information content (AvgIpc) is 3.00. The summed E-state index contributed by atoms with van der Waals surface area (Å²) in [6.07, 6.45) is 8.26. The quantitative estimate of drug-likeness (QED) is 0.460. The van der Waals surface area contributed by atoms with Crippen molar-refractivity contribution >= 4 is 11.5 Å². The number of nitrogens with zero attached hydrogens (tertiary/aromatic N) is 1. The third-order valence-corrected chi connectivity index (χ3v) is 5.59. The standard InChI is InChI=1S/C24H29NO/c1-3-4-11-17-24(21-12-7-5-8-13-21)18-16-20(23(24)26)19-25(2)22-14-9-6-10-15-22/h5-10,12-15,19H,3-4,11,16-18H2,1-2H3/b20-19-. The summed E-state index contributed by atoms with van der Waals surface area (Å²) >= 11 is 0. The van der Waals surface area contributed by atoms with Gasteiger partial charge in [-0.2, -0.15) is 0 Å². The number of ketones is 1. The molecule has 2 heteroatoms. The lowest BCUT2D eigenvalue weighted by atomic mass is 9.74. The molecule has 3 rings (SSSR count). The number of benzene rings is 2. The Bertz CT molecular complexity index is 750. The van der Waals surface area contributed by atoms with Gasteiger partial charge in [-0.1, -0.05) is 74.7 Å². The molecule has 0 aromatic heterocycles. The van der Waals surface area contributed by atoms with Crippen molar-refractivity contribution in [3.8, 4) is 0 Å². The van der Waals surface area contributed by atoms with Gasteiger partial charge in [0.2, 0.25) is 0 Å². The molecular formula is C24H29NO. The zero-order valence-electron chi connectivity index (χ0n) is 15.9. The van der Waals surface area contributed by atoms with Gasteiger partial charge in [0.05, 0.1) is 5.41 Å². The highest BCUT2D eigenvalue weighted by Gasteiger charge is 2.45. The lowest BCUT2D eigenvalue weighted by Gasteiger charge is -2.28. The minimum Gasteiger partial charge on any atom is -0.351 e. The predicted molar refractivity (Wildman–Crippen MR) is 109 cm³/mol. The molecule has 136 valence electrons. The molecule has 1 atom stereocenters. The van der Waals surface area contributed by atoms with E-state index < -0.39 is 0 Å². The maximum atomic E-state index is 13.5. The number of carbonyl (C=O) groups excluding carboxylic acids is 1. The Kier molecular flexibility index (Phi) is 5.92. The SMILES string of the molecule is CCCCCC1(c2ccccc2)CC/C(=C/N(C)c2ccccc2)C1=O. The second kappa shape index (κ2) is 8.35. The van der Waals surface area contributed by atoms with Gasteiger partial charge in [-0.3, -0.25) is 4.79 Å². The first-order valence-corrected chi connectivity index (χ1v) is 9.76. The Morgan fingerprint density at radius 1 is 1.00 bits per heavy atom. The van der Waals surface area contributed by atoms with Crippen LogP contribution >= 0.6 is 0 Å². The van der Waals surface area contributed by atoms with Crippen molar-refractivity contribution in [2.24, 2.45) is 0 Å². The van der Waals surface area contributed by atoms with Crippen LogP contribution in [0.2, 0.25) is 0 Å². The maximum Gasteiger partial charge on any atom is 0.170 e. The smallest absolute Gasteiger partial charge is 0.170 e. The molecule has 1 saturated carbocycles. The average molecular weight is 348 g/mol. The van der Waals surface area contributed by atoms with Gasteiger partial charge in [-0.25, -0.2) is 0 Å². The minimum absolute atomic E-state index is 0.322. The van der Waals surface area contributed by atoms with Gasteiger partial charge in [-0.05, 0) is 37.0 Å². The highest BCUT2D eigenvalue weighted by molar-refractivity contribution is 6.06. The van der Waals surface area contributed by atoms with Gasteiger partial charge >= 0.3 is 0 Å². The molecule has 2 nitrogen and oxygen atoms in total. The van der Waals surface area contributed by atoms with Gasteiger partial charge in [0.1, 0.15) is 0 Å². The molecule has 2 aromatic rings. The Labute approximate surface area is 157 Å². The van der Waals surface area contributed by atoms with E-state index in [4.69, 9.17) is 0 Å². The van der Waals surface area contributed by atoms with Crippen molar-refractivity contribution in [1.29, 1.82) is 0 Å². The fourth-order valence-electron chi connectivity index (χ4n) is 4.07. The summed E-state index contributed by atoms with van der Waals surface area (Å²) in [5.41, 5.74) is 2.92. The van der Waals surface area contributed by atoms with Crippen LogP contribution in [-0.4, -0.2) is 12.8 Å². The molecule has 0 spiro atoms. The molecular weight excluding hydrogens is 318 g/mol. The zero-order valence-corrected chi connectivity index (χ0v) is 15.9. The molecule has 1 unspecified atom stereocenters. The van der Waals surface area contributed by atoms with Gasteiger partial charge in [-0.15, -0.1) is 0 Å². The van der Waals surface area contributed by atoms with Crippen LogP contribution in [0, 0.1) is 0 Å². The number of para-hydroxylation sites is 1. The van der Waals surface area contributed by atoms with Crippen molar-refractivity contribution in [3.05, 3.63) is 78.0 Å². The second-order valence-corrected chi connectivity index (χ2v) is 7.34. The Morgan fingerprint density at radius 2 is 1.65 bits per heavy atom. The molecule has 0 aliphatic heterocycles. The van der Waals surface area contributed by atoms with E-state index in [2.05, 4.69) is 48.2 Å². The number of carbonyl (C=O) groups is 1. The fourth-order valence-corrected chi connectivity index (χ4v) is 4.07. The summed E-state index contributed by atoms with van der Waals surface area (Å²) in [6, 6.07) is 20.6. The largest absolute Gasteiger partial charge is 0.351 e. The minimum atomic E-state index is -0.334. The van der Waals surface area contributed by atoms with Crippen LogP contribution in [0.3, 0.4) is 0 Å². The molecule has 0 bridgehead atoms. The third kappa shape index (κ3) is 3.75. The molecule has 0 saturated heterocycles. The Hall–Kier alpha value is -2.35. The van der Waals surface area contributed by atoms with Crippen LogP contribution in [0.1, 0.15) is 51.0 Å². The number of rotatable bonds is 7. The molecule has 1 fully saturated rings. The predicted octanol–water partition coefficient (Wildman–Crippen LogP) is 5.89. The zero-order chi connectivity index (χ0) is 18.4. The summed E-state index contributed by atoms with van der Waals surface area (Å²) in [6.45, 7) is 2.21. The van der Waals surface area contributed by atoms with Gasteiger partial charge < -0.3 is 4.90 Å². The summed E-state index contributed by atoms with van der Waals surface area (Å²) < 4.78 is 0. The summed E-state index contributed by atoms with van der Waals surface area (Å²) in [5.74, 6) is 0.322. The van der Waals surface area contributed by atoms with Crippen LogP contribution < -0.4 is 4.90 Å². The summed E-state index contributed by atoms with van der Waals surface area (Å²) in [4.78, 5) is 15.6. The van der Waals surface area contributed by atoms with E-state index >= 15 is 0 Å². The van der Waals surface area contributed by atoms with E-state index in [0.29, 0.717) is 5.78 Å². The van der Waals surface area contributed by atoms with Gasteiger partial charge in [0.25, 0.3) is 0 Å². The first-order chi connectivity index (χ1) is 12.7. The fraction of sp³-hybridized carbons (Fsp3) is 0.375. The van der Waals surface area contributed by atoms with Gasteiger partial charge in [0.15, 0.2) is 5.78 Å². The highest BCUT2D eigenvalue weighted by Crippen LogP contribution is 2.45. The van der Waals surface area contributed by atoms with Crippen LogP contribution in [0.15, 0.2) is 72.4 Å². The second-order valence-electron chi connectivity index (χ2n) is 7.34.